The molecule has 3 aromatic rings. The average Bonchev–Trinajstić information content (AvgIpc) is 2.71. The Bertz CT molecular complexity index is 1080. The van der Waals surface area contributed by atoms with Crippen LogP contribution in [0.1, 0.15) is 5.56 Å². The van der Waals surface area contributed by atoms with Gasteiger partial charge in [0.05, 0.1) is 6.61 Å². The standard InChI is InChI=1S/C21H18N2O5/c24-19-13-27-12-17(23(19)11-14-6-2-1-3-7-14)20(25)22-16-10-15-8-4-5-9-18(15)28-21(16)26/h1-10,17H,11-13H2,(H,22,25)/t17-/m0/s1. The van der Waals surface area contributed by atoms with E-state index < -0.39 is 17.6 Å². The molecule has 1 saturated heterocycles. The van der Waals surface area contributed by atoms with Gasteiger partial charge in [-0.3, -0.25) is 9.59 Å². The van der Waals surface area contributed by atoms with E-state index in [0.717, 1.165) is 5.56 Å². The summed E-state index contributed by atoms with van der Waals surface area (Å²) in [5.41, 5.74) is 0.722. The lowest BCUT2D eigenvalue weighted by Crippen LogP contribution is -2.54. The van der Waals surface area contributed by atoms with Crippen LogP contribution in [0.4, 0.5) is 5.69 Å². The first-order valence-corrected chi connectivity index (χ1v) is 8.87. The Morgan fingerprint density at radius 1 is 1.07 bits per heavy atom. The zero-order valence-corrected chi connectivity index (χ0v) is 15.0. The molecule has 0 spiro atoms. The maximum atomic E-state index is 12.8. The summed E-state index contributed by atoms with van der Waals surface area (Å²) >= 11 is 0. The van der Waals surface area contributed by atoms with Crippen molar-refractivity contribution in [1.29, 1.82) is 0 Å². The van der Waals surface area contributed by atoms with Crippen molar-refractivity contribution in [2.45, 2.75) is 12.6 Å². The predicted molar refractivity (Wildman–Crippen MR) is 103 cm³/mol. The fraction of sp³-hybridized carbons (Fsp3) is 0.190. The third-order valence-electron chi connectivity index (χ3n) is 4.60. The average molecular weight is 378 g/mol. The number of hydrogen-bond acceptors (Lipinski definition) is 5. The predicted octanol–water partition coefficient (Wildman–Crippen LogP) is 2.16. The van der Waals surface area contributed by atoms with E-state index in [4.69, 9.17) is 9.15 Å². The lowest BCUT2D eigenvalue weighted by atomic mass is 10.1. The Kier molecular flexibility index (Phi) is 4.90. The number of para-hydroxylation sites is 1. The number of morpholine rings is 1. The maximum absolute atomic E-state index is 12.8. The third kappa shape index (κ3) is 3.65. The van der Waals surface area contributed by atoms with Gasteiger partial charge in [0.15, 0.2) is 0 Å². The molecule has 1 aromatic heterocycles. The highest BCUT2D eigenvalue weighted by atomic mass is 16.5. The summed E-state index contributed by atoms with van der Waals surface area (Å²) in [6, 6.07) is 17.1. The van der Waals surface area contributed by atoms with E-state index in [-0.39, 0.29) is 31.4 Å². The van der Waals surface area contributed by atoms with E-state index in [1.54, 1.807) is 24.3 Å². The molecule has 1 fully saturated rings. The van der Waals surface area contributed by atoms with E-state index >= 15 is 0 Å². The van der Waals surface area contributed by atoms with Gasteiger partial charge in [-0.25, -0.2) is 4.79 Å². The van der Waals surface area contributed by atoms with Crippen LogP contribution >= 0.6 is 0 Å². The van der Waals surface area contributed by atoms with Crippen LogP contribution in [0.3, 0.4) is 0 Å². The summed E-state index contributed by atoms with van der Waals surface area (Å²) in [7, 11) is 0. The molecule has 1 aliphatic rings. The van der Waals surface area contributed by atoms with Gasteiger partial charge in [0, 0.05) is 11.9 Å². The van der Waals surface area contributed by atoms with Crippen LogP contribution in [0.5, 0.6) is 0 Å². The monoisotopic (exact) mass is 378 g/mol. The second-order valence-corrected chi connectivity index (χ2v) is 6.51. The number of benzene rings is 2. The van der Waals surface area contributed by atoms with Crippen LogP contribution in [0.25, 0.3) is 11.0 Å². The molecule has 0 radical (unpaired) electrons. The van der Waals surface area contributed by atoms with E-state index in [2.05, 4.69) is 5.32 Å². The molecule has 0 aliphatic carbocycles. The zero-order valence-electron chi connectivity index (χ0n) is 15.0. The molecule has 1 N–H and O–H groups in total. The molecule has 7 nitrogen and oxygen atoms in total. The molecule has 0 unspecified atom stereocenters. The first kappa shape index (κ1) is 17.9. The molecule has 7 heteroatoms. The van der Waals surface area contributed by atoms with Gasteiger partial charge in [0.2, 0.25) is 11.8 Å². The quantitative estimate of drug-likeness (QED) is 0.703. The van der Waals surface area contributed by atoms with Gasteiger partial charge in [0.25, 0.3) is 0 Å². The number of amides is 2. The Hall–Kier alpha value is -3.45. The fourth-order valence-corrected chi connectivity index (χ4v) is 3.17. The normalized spacial score (nSPS) is 16.9. The first-order chi connectivity index (χ1) is 13.6. The highest BCUT2D eigenvalue weighted by Crippen LogP contribution is 2.18. The Balaban J connectivity index is 1.58. The lowest BCUT2D eigenvalue weighted by Gasteiger charge is -2.34. The maximum Gasteiger partial charge on any atom is 0.360 e. The summed E-state index contributed by atoms with van der Waals surface area (Å²) in [5, 5.41) is 3.28. The minimum Gasteiger partial charge on any atom is -0.421 e. The van der Waals surface area contributed by atoms with Gasteiger partial charge in [-0.1, -0.05) is 48.5 Å². The smallest absolute Gasteiger partial charge is 0.360 e. The van der Waals surface area contributed by atoms with Crippen molar-refractivity contribution >= 4 is 28.5 Å². The number of carbonyl (C=O) groups is 2. The van der Waals surface area contributed by atoms with Crippen LogP contribution in [-0.4, -0.2) is 36.0 Å². The molecule has 1 atom stereocenters. The Morgan fingerprint density at radius 3 is 2.64 bits per heavy atom. The number of carbonyl (C=O) groups excluding carboxylic acids is 2. The molecule has 28 heavy (non-hydrogen) atoms. The van der Waals surface area contributed by atoms with Crippen LogP contribution in [0.15, 0.2) is 69.9 Å². The number of rotatable bonds is 4. The van der Waals surface area contributed by atoms with Crippen LogP contribution in [0, 0.1) is 0 Å². The summed E-state index contributed by atoms with van der Waals surface area (Å²) < 4.78 is 10.5. The van der Waals surface area contributed by atoms with Crippen molar-refractivity contribution < 1.29 is 18.7 Å². The van der Waals surface area contributed by atoms with Crippen molar-refractivity contribution in [2.24, 2.45) is 0 Å². The minimum absolute atomic E-state index is 0.0291. The summed E-state index contributed by atoms with van der Waals surface area (Å²) in [6.07, 6.45) is 0. The van der Waals surface area contributed by atoms with Gasteiger partial charge < -0.3 is 19.4 Å². The SMILES string of the molecule is O=C(Nc1cc2ccccc2oc1=O)[C@@H]1COCC(=O)N1Cc1ccccc1. The zero-order chi connectivity index (χ0) is 19.5. The highest BCUT2D eigenvalue weighted by molar-refractivity contribution is 5.98. The number of nitrogens with one attached hydrogen (secondary N) is 1. The Morgan fingerprint density at radius 2 is 1.82 bits per heavy atom. The van der Waals surface area contributed by atoms with Crippen molar-refractivity contribution in [1.82, 2.24) is 4.90 Å². The van der Waals surface area contributed by atoms with E-state index in [1.165, 1.54) is 4.90 Å². The highest BCUT2D eigenvalue weighted by Gasteiger charge is 2.34. The topological polar surface area (TPSA) is 88.9 Å². The number of ether oxygens (including phenoxy) is 1. The fourth-order valence-electron chi connectivity index (χ4n) is 3.17. The van der Waals surface area contributed by atoms with Gasteiger partial charge in [-0.15, -0.1) is 0 Å². The molecule has 4 rings (SSSR count). The lowest BCUT2D eigenvalue weighted by molar-refractivity contribution is -0.154. The molecule has 0 bridgehead atoms. The molecule has 2 heterocycles. The summed E-state index contributed by atoms with van der Waals surface area (Å²) in [6.45, 7) is 0.269. The first-order valence-electron chi connectivity index (χ1n) is 8.87. The molecule has 142 valence electrons. The number of anilines is 1. The molecular weight excluding hydrogens is 360 g/mol. The van der Waals surface area contributed by atoms with Crippen molar-refractivity contribution in [3.05, 3.63) is 76.6 Å². The summed E-state index contributed by atoms with van der Waals surface area (Å²) in [4.78, 5) is 38.8. The molecule has 0 saturated carbocycles. The second kappa shape index (κ2) is 7.66. The molecular formula is C21H18N2O5. The van der Waals surface area contributed by atoms with Gasteiger partial charge in [-0.2, -0.15) is 0 Å². The van der Waals surface area contributed by atoms with Crippen LogP contribution in [-0.2, 0) is 20.9 Å². The number of fused-ring (bicyclic) bond motifs is 1. The third-order valence-corrected chi connectivity index (χ3v) is 4.60. The van der Waals surface area contributed by atoms with Gasteiger partial charge in [0.1, 0.15) is 23.9 Å². The van der Waals surface area contributed by atoms with Crippen molar-refractivity contribution in [2.75, 3.05) is 18.5 Å². The minimum atomic E-state index is -0.840. The van der Waals surface area contributed by atoms with E-state index in [1.807, 2.05) is 36.4 Å². The number of nitrogens with zero attached hydrogens (tertiary/aromatic N) is 1. The van der Waals surface area contributed by atoms with Crippen LogP contribution in [0.2, 0.25) is 0 Å². The second-order valence-electron chi connectivity index (χ2n) is 6.51. The number of hydrogen-bond donors (Lipinski definition) is 1. The van der Waals surface area contributed by atoms with Gasteiger partial charge in [-0.05, 0) is 17.7 Å². The van der Waals surface area contributed by atoms with E-state index in [9.17, 15) is 14.4 Å². The molecule has 1 aliphatic heterocycles. The van der Waals surface area contributed by atoms with E-state index in [0.29, 0.717) is 11.0 Å². The Labute approximate surface area is 160 Å². The van der Waals surface area contributed by atoms with Crippen LogP contribution < -0.4 is 10.9 Å². The van der Waals surface area contributed by atoms with Crippen molar-refractivity contribution in [3.8, 4) is 0 Å². The molecule has 2 amide bonds. The van der Waals surface area contributed by atoms with Crippen molar-refractivity contribution in [3.63, 3.8) is 0 Å². The van der Waals surface area contributed by atoms with Gasteiger partial charge >= 0.3 is 5.63 Å². The largest absolute Gasteiger partial charge is 0.421 e. The summed E-state index contributed by atoms with van der Waals surface area (Å²) in [5.74, 6) is -0.771. The molecule has 2 aromatic carbocycles.